The van der Waals surface area contributed by atoms with Crippen molar-refractivity contribution in [3.8, 4) is 0 Å². The average molecular weight is 369 g/mol. The molecule has 2 heterocycles. The van der Waals surface area contributed by atoms with E-state index in [9.17, 15) is 9.59 Å². The lowest BCUT2D eigenvalue weighted by molar-refractivity contribution is 0.0586. The number of carbonyl (C=O) groups is 2. The van der Waals surface area contributed by atoms with Gasteiger partial charge in [0.1, 0.15) is 0 Å². The number of imide groups is 1. The second kappa shape index (κ2) is 7.22. The summed E-state index contributed by atoms with van der Waals surface area (Å²) in [5.74, 6) is 0.0131. The number of fused-ring (bicyclic) bond motifs is 1. The molecule has 0 bridgehead atoms. The molecule has 0 aliphatic carbocycles. The number of carbonyl (C=O) groups excluding carboxylic acids is 2. The van der Waals surface area contributed by atoms with Crippen molar-refractivity contribution in [1.82, 2.24) is 9.80 Å². The Bertz CT molecular complexity index is 799. The molecule has 0 spiro atoms. The van der Waals surface area contributed by atoms with Crippen LogP contribution < -0.4 is 0 Å². The molecule has 2 aliphatic heterocycles. The van der Waals surface area contributed by atoms with Gasteiger partial charge in [-0.25, -0.2) is 0 Å². The summed E-state index contributed by atoms with van der Waals surface area (Å²) in [6.07, 6.45) is 2.13. The summed E-state index contributed by atoms with van der Waals surface area (Å²) in [4.78, 5) is 29.0. The first-order valence-electron chi connectivity index (χ1n) is 9.04. The number of piperidine rings is 1. The summed E-state index contributed by atoms with van der Waals surface area (Å²) >= 11 is 5.96. The normalized spacial score (nSPS) is 20.5. The summed E-state index contributed by atoms with van der Waals surface area (Å²) in [5, 5.41) is 0.746. The lowest BCUT2D eigenvalue weighted by atomic mass is 9.97. The van der Waals surface area contributed by atoms with Gasteiger partial charge in [0.15, 0.2) is 0 Å². The number of rotatable bonds is 4. The van der Waals surface area contributed by atoms with E-state index in [0.717, 1.165) is 37.5 Å². The van der Waals surface area contributed by atoms with Gasteiger partial charge in [0.25, 0.3) is 11.8 Å². The topological polar surface area (TPSA) is 40.6 Å². The molecule has 1 saturated heterocycles. The van der Waals surface area contributed by atoms with Crippen LogP contribution in [0.5, 0.6) is 0 Å². The van der Waals surface area contributed by atoms with Crippen LogP contribution in [0.1, 0.15) is 39.1 Å². The van der Waals surface area contributed by atoms with E-state index in [1.165, 1.54) is 10.5 Å². The fraction of sp³-hybridized carbons (Fsp3) is 0.333. The number of nitrogens with zero attached hydrogens (tertiary/aromatic N) is 2. The first-order chi connectivity index (χ1) is 12.6. The van der Waals surface area contributed by atoms with E-state index in [0.29, 0.717) is 23.6 Å². The zero-order valence-corrected chi connectivity index (χ0v) is 15.3. The molecular formula is C21H21ClN2O2. The molecular weight excluding hydrogens is 348 g/mol. The number of hydrogen-bond donors (Lipinski definition) is 0. The van der Waals surface area contributed by atoms with Crippen molar-refractivity contribution >= 4 is 23.4 Å². The Balaban J connectivity index is 1.40. The highest BCUT2D eigenvalue weighted by Crippen LogP contribution is 2.26. The minimum atomic E-state index is -0.152. The van der Waals surface area contributed by atoms with Gasteiger partial charge in [-0.15, -0.1) is 0 Å². The predicted octanol–water partition coefficient (Wildman–Crippen LogP) is 3.85. The maximum absolute atomic E-state index is 12.6. The van der Waals surface area contributed by atoms with Gasteiger partial charge in [0.2, 0.25) is 0 Å². The third-order valence-electron chi connectivity index (χ3n) is 5.24. The van der Waals surface area contributed by atoms with Crippen molar-refractivity contribution in [1.29, 1.82) is 0 Å². The van der Waals surface area contributed by atoms with Crippen LogP contribution in [-0.4, -0.2) is 41.2 Å². The SMILES string of the molecule is O=C1c2ccccc2C(=O)N1CC1CCCN(Cc2ccc(Cl)cc2)C1. The molecule has 0 N–H and O–H groups in total. The molecule has 134 valence electrons. The fourth-order valence-corrected chi connectivity index (χ4v) is 4.08. The van der Waals surface area contributed by atoms with Crippen molar-refractivity contribution in [2.24, 2.45) is 5.92 Å². The van der Waals surface area contributed by atoms with E-state index in [2.05, 4.69) is 17.0 Å². The highest BCUT2D eigenvalue weighted by molar-refractivity contribution is 6.30. The van der Waals surface area contributed by atoms with Gasteiger partial charge in [-0.05, 0) is 55.1 Å². The van der Waals surface area contributed by atoms with E-state index >= 15 is 0 Å². The highest BCUT2D eigenvalue weighted by Gasteiger charge is 2.37. The maximum Gasteiger partial charge on any atom is 0.261 e. The number of likely N-dealkylation sites (tertiary alicyclic amines) is 1. The Hall–Kier alpha value is -2.17. The minimum absolute atomic E-state index is 0.152. The zero-order chi connectivity index (χ0) is 18.1. The number of amides is 2. The van der Waals surface area contributed by atoms with Crippen molar-refractivity contribution in [3.63, 3.8) is 0 Å². The average Bonchev–Trinajstić information content (AvgIpc) is 2.89. The number of benzene rings is 2. The van der Waals surface area contributed by atoms with Crippen LogP contribution in [0.4, 0.5) is 0 Å². The Morgan fingerprint density at radius 2 is 1.62 bits per heavy atom. The molecule has 1 atom stereocenters. The quantitative estimate of drug-likeness (QED) is 0.770. The Labute approximate surface area is 158 Å². The molecule has 4 rings (SSSR count). The van der Waals surface area contributed by atoms with Crippen LogP contribution in [0.25, 0.3) is 0 Å². The summed E-state index contributed by atoms with van der Waals surface area (Å²) in [5.41, 5.74) is 2.30. The number of hydrogen-bond acceptors (Lipinski definition) is 3. The zero-order valence-electron chi connectivity index (χ0n) is 14.5. The lowest BCUT2D eigenvalue weighted by Gasteiger charge is -2.34. The third kappa shape index (κ3) is 3.39. The second-order valence-corrected chi connectivity index (χ2v) is 7.57. The van der Waals surface area contributed by atoms with Crippen molar-refractivity contribution in [2.75, 3.05) is 19.6 Å². The molecule has 5 heteroatoms. The van der Waals surface area contributed by atoms with Gasteiger partial charge >= 0.3 is 0 Å². The van der Waals surface area contributed by atoms with E-state index in [4.69, 9.17) is 11.6 Å². The Kier molecular flexibility index (Phi) is 4.79. The molecule has 0 aromatic heterocycles. The van der Waals surface area contributed by atoms with Gasteiger partial charge in [-0.2, -0.15) is 0 Å². The molecule has 26 heavy (non-hydrogen) atoms. The van der Waals surface area contributed by atoms with E-state index in [1.807, 2.05) is 24.3 Å². The Morgan fingerprint density at radius 3 is 2.27 bits per heavy atom. The fourth-order valence-electron chi connectivity index (χ4n) is 3.96. The van der Waals surface area contributed by atoms with Crippen LogP contribution in [0, 0.1) is 5.92 Å². The van der Waals surface area contributed by atoms with Crippen LogP contribution >= 0.6 is 11.6 Å². The van der Waals surface area contributed by atoms with Gasteiger partial charge in [0.05, 0.1) is 11.1 Å². The first kappa shape index (κ1) is 17.3. The summed E-state index contributed by atoms with van der Waals surface area (Å²) < 4.78 is 0. The summed E-state index contributed by atoms with van der Waals surface area (Å²) in [6.45, 7) is 3.32. The molecule has 2 aromatic rings. The van der Waals surface area contributed by atoms with Crippen molar-refractivity contribution in [2.45, 2.75) is 19.4 Å². The third-order valence-corrected chi connectivity index (χ3v) is 5.49. The van der Waals surface area contributed by atoms with Gasteiger partial charge in [-0.3, -0.25) is 19.4 Å². The summed E-state index contributed by atoms with van der Waals surface area (Å²) in [6, 6.07) is 15.0. The predicted molar refractivity (Wildman–Crippen MR) is 101 cm³/mol. The van der Waals surface area contributed by atoms with Crippen LogP contribution in [0.3, 0.4) is 0 Å². The van der Waals surface area contributed by atoms with E-state index in [-0.39, 0.29) is 11.8 Å². The van der Waals surface area contributed by atoms with Crippen molar-refractivity contribution in [3.05, 3.63) is 70.2 Å². The molecule has 1 fully saturated rings. The van der Waals surface area contributed by atoms with Gasteiger partial charge in [-0.1, -0.05) is 35.9 Å². The Morgan fingerprint density at radius 1 is 0.962 bits per heavy atom. The van der Waals surface area contributed by atoms with Crippen LogP contribution in [0.2, 0.25) is 5.02 Å². The molecule has 2 aromatic carbocycles. The smallest absolute Gasteiger partial charge is 0.261 e. The summed E-state index contributed by atoms with van der Waals surface area (Å²) in [7, 11) is 0. The second-order valence-electron chi connectivity index (χ2n) is 7.14. The van der Waals surface area contributed by atoms with Crippen LogP contribution in [-0.2, 0) is 6.54 Å². The van der Waals surface area contributed by atoms with Gasteiger partial charge in [0, 0.05) is 24.7 Å². The van der Waals surface area contributed by atoms with Crippen LogP contribution in [0.15, 0.2) is 48.5 Å². The molecule has 0 radical (unpaired) electrons. The van der Waals surface area contributed by atoms with Gasteiger partial charge < -0.3 is 0 Å². The highest BCUT2D eigenvalue weighted by atomic mass is 35.5. The standard InChI is InChI=1S/C21H21ClN2O2/c22-17-9-7-15(8-10-17)12-23-11-3-4-16(13-23)14-24-20(25)18-5-1-2-6-19(18)21(24)26/h1-2,5-10,16H,3-4,11-14H2. The van der Waals surface area contributed by atoms with E-state index < -0.39 is 0 Å². The maximum atomic E-state index is 12.6. The lowest BCUT2D eigenvalue weighted by Crippen LogP contribution is -2.42. The first-order valence-corrected chi connectivity index (χ1v) is 9.41. The molecule has 0 saturated carbocycles. The minimum Gasteiger partial charge on any atom is -0.299 e. The largest absolute Gasteiger partial charge is 0.299 e. The van der Waals surface area contributed by atoms with E-state index in [1.54, 1.807) is 12.1 Å². The molecule has 1 unspecified atom stereocenters. The number of halogens is 1. The molecule has 4 nitrogen and oxygen atoms in total. The van der Waals surface area contributed by atoms with Crippen molar-refractivity contribution < 1.29 is 9.59 Å². The monoisotopic (exact) mass is 368 g/mol. The molecule has 2 amide bonds. The molecule has 2 aliphatic rings.